The fourth-order valence-corrected chi connectivity index (χ4v) is 1.84. The second kappa shape index (κ2) is 6.40. The molecule has 2 N–H and O–H groups in total. The van der Waals surface area contributed by atoms with Crippen molar-refractivity contribution >= 4 is 11.6 Å². The fourth-order valence-electron chi connectivity index (χ4n) is 1.84. The molecule has 0 unspecified atom stereocenters. The van der Waals surface area contributed by atoms with Crippen LogP contribution < -0.4 is 5.32 Å². The highest BCUT2D eigenvalue weighted by molar-refractivity contribution is 5.91. The van der Waals surface area contributed by atoms with Crippen LogP contribution in [0.2, 0.25) is 0 Å². The number of benzene rings is 1. The normalized spacial score (nSPS) is 13.6. The summed E-state index contributed by atoms with van der Waals surface area (Å²) < 4.78 is 0. The Morgan fingerprint density at radius 3 is 2.95 bits per heavy atom. The third-order valence-electron chi connectivity index (χ3n) is 3.15. The van der Waals surface area contributed by atoms with Crippen LogP contribution in [0, 0.1) is 24.7 Å². The van der Waals surface area contributed by atoms with Crippen molar-refractivity contribution in [3.63, 3.8) is 0 Å². The Morgan fingerprint density at radius 2 is 2.26 bits per heavy atom. The lowest BCUT2D eigenvalue weighted by Crippen LogP contribution is -2.12. The van der Waals surface area contributed by atoms with Crippen molar-refractivity contribution in [1.29, 1.82) is 0 Å². The molecule has 1 aliphatic rings. The van der Waals surface area contributed by atoms with Gasteiger partial charge in [-0.25, -0.2) is 0 Å². The molecule has 19 heavy (non-hydrogen) atoms. The summed E-state index contributed by atoms with van der Waals surface area (Å²) in [6, 6.07) is 5.75. The van der Waals surface area contributed by atoms with Crippen LogP contribution in [0.5, 0.6) is 0 Å². The van der Waals surface area contributed by atoms with E-state index in [1.165, 1.54) is 12.8 Å². The van der Waals surface area contributed by atoms with E-state index in [1.54, 1.807) is 0 Å². The van der Waals surface area contributed by atoms with Crippen LogP contribution in [0.15, 0.2) is 18.2 Å². The van der Waals surface area contributed by atoms with Crippen molar-refractivity contribution in [2.45, 2.75) is 32.6 Å². The number of hydrogen-bond acceptors (Lipinski definition) is 2. The van der Waals surface area contributed by atoms with E-state index in [-0.39, 0.29) is 12.5 Å². The minimum absolute atomic E-state index is 0.0733. The molecule has 1 aliphatic carbocycles. The average molecular weight is 257 g/mol. The number of carbonyl (C=O) groups excluding carboxylic acids is 1. The maximum atomic E-state index is 11.7. The molecule has 0 saturated heterocycles. The van der Waals surface area contributed by atoms with Gasteiger partial charge >= 0.3 is 0 Å². The van der Waals surface area contributed by atoms with Gasteiger partial charge in [0, 0.05) is 24.1 Å². The van der Waals surface area contributed by atoms with Crippen molar-refractivity contribution in [3.05, 3.63) is 29.3 Å². The summed E-state index contributed by atoms with van der Waals surface area (Å²) in [6.45, 7) is 2.06. The predicted octanol–water partition coefficient (Wildman–Crippen LogP) is 2.47. The van der Waals surface area contributed by atoms with Crippen molar-refractivity contribution in [2.24, 2.45) is 5.92 Å². The largest absolute Gasteiger partial charge is 0.395 e. The van der Waals surface area contributed by atoms with Crippen molar-refractivity contribution in [3.8, 4) is 11.8 Å². The maximum absolute atomic E-state index is 11.7. The van der Waals surface area contributed by atoms with E-state index in [9.17, 15) is 4.79 Å². The molecule has 3 nitrogen and oxygen atoms in total. The molecule has 2 rings (SSSR count). The highest BCUT2D eigenvalue weighted by atomic mass is 16.2. The molecule has 0 spiro atoms. The molecule has 0 radical (unpaired) electrons. The number of hydrogen-bond donors (Lipinski definition) is 2. The van der Waals surface area contributed by atoms with E-state index in [1.807, 2.05) is 25.1 Å². The summed E-state index contributed by atoms with van der Waals surface area (Å²) >= 11 is 0. The summed E-state index contributed by atoms with van der Waals surface area (Å²) in [7, 11) is 0. The van der Waals surface area contributed by atoms with Gasteiger partial charge in [0.25, 0.3) is 0 Å². The third-order valence-corrected chi connectivity index (χ3v) is 3.15. The lowest BCUT2D eigenvalue weighted by Gasteiger charge is -2.06. The van der Waals surface area contributed by atoms with Gasteiger partial charge in [-0.1, -0.05) is 17.9 Å². The molecule has 3 heteroatoms. The van der Waals surface area contributed by atoms with Gasteiger partial charge in [0.05, 0.1) is 6.61 Å². The molecular weight excluding hydrogens is 238 g/mol. The van der Waals surface area contributed by atoms with E-state index < -0.39 is 0 Å². The Hall–Kier alpha value is -1.79. The molecular formula is C16H19NO2. The number of carbonyl (C=O) groups is 1. The Morgan fingerprint density at radius 1 is 1.47 bits per heavy atom. The van der Waals surface area contributed by atoms with Crippen LogP contribution in [0.4, 0.5) is 5.69 Å². The SMILES string of the molecule is Cc1ccc(NC(=O)CC2CC2)cc1C#CCCO. The zero-order valence-electron chi connectivity index (χ0n) is 11.2. The van der Waals surface area contributed by atoms with Crippen molar-refractivity contribution < 1.29 is 9.90 Å². The summed E-state index contributed by atoms with van der Waals surface area (Å²) in [5.41, 5.74) is 2.77. The number of aliphatic hydroxyl groups is 1. The number of nitrogens with one attached hydrogen (secondary N) is 1. The molecule has 1 fully saturated rings. The van der Waals surface area contributed by atoms with Gasteiger partial charge in [-0.3, -0.25) is 4.79 Å². The zero-order chi connectivity index (χ0) is 13.7. The highest BCUT2D eigenvalue weighted by Gasteiger charge is 2.24. The molecule has 0 heterocycles. The number of anilines is 1. The van der Waals surface area contributed by atoms with Crippen LogP contribution in [-0.4, -0.2) is 17.6 Å². The van der Waals surface area contributed by atoms with E-state index in [2.05, 4.69) is 17.2 Å². The molecule has 1 amide bonds. The molecule has 0 aromatic heterocycles. The first-order valence-electron chi connectivity index (χ1n) is 6.69. The van der Waals surface area contributed by atoms with Gasteiger partial charge in [-0.15, -0.1) is 0 Å². The molecule has 100 valence electrons. The van der Waals surface area contributed by atoms with Crippen LogP contribution in [0.3, 0.4) is 0 Å². The van der Waals surface area contributed by atoms with Gasteiger partial charge in [0.1, 0.15) is 0 Å². The second-order valence-electron chi connectivity index (χ2n) is 5.00. The van der Waals surface area contributed by atoms with Gasteiger partial charge in [0.2, 0.25) is 5.91 Å². The first-order valence-corrected chi connectivity index (χ1v) is 6.69. The van der Waals surface area contributed by atoms with Gasteiger partial charge < -0.3 is 10.4 Å². The first-order chi connectivity index (χ1) is 9.19. The number of rotatable bonds is 4. The van der Waals surface area contributed by atoms with E-state index in [0.29, 0.717) is 18.8 Å². The maximum Gasteiger partial charge on any atom is 0.224 e. The van der Waals surface area contributed by atoms with E-state index >= 15 is 0 Å². The molecule has 0 bridgehead atoms. The minimum Gasteiger partial charge on any atom is -0.395 e. The van der Waals surface area contributed by atoms with Crippen LogP contribution in [-0.2, 0) is 4.79 Å². The van der Waals surface area contributed by atoms with Gasteiger partial charge in [0.15, 0.2) is 0 Å². The minimum atomic E-state index is 0.0733. The Kier molecular flexibility index (Phi) is 4.59. The van der Waals surface area contributed by atoms with Crippen molar-refractivity contribution in [2.75, 3.05) is 11.9 Å². The highest BCUT2D eigenvalue weighted by Crippen LogP contribution is 2.32. The summed E-state index contributed by atoms with van der Waals surface area (Å²) in [6.07, 6.45) is 3.45. The third kappa shape index (κ3) is 4.42. The summed E-state index contributed by atoms with van der Waals surface area (Å²) in [5.74, 6) is 6.60. The fraction of sp³-hybridized carbons (Fsp3) is 0.438. The lowest BCUT2D eigenvalue weighted by molar-refractivity contribution is -0.116. The molecule has 1 aromatic carbocycles. The smallest absolute Gasteiger partial charge is 0.224 e. The van der Waals surface area contributed by atoms with Crippen LogP contribution in [0.25, 0.3) is 0 Å². The van der Waals surface area contributed by atoms with Crippen LogP contribution >= 0.6 is 0 Å². The lowest BCUT2D eigenvalue weighted by atomic mass is 10.1. The van der Waals surface area contributed by atoms with Crippen LogP contribution in [0.1, 0.15) is 36.8 Å². The van der Waals surface area contributed by atoms with E-state index in [4.69, 9.17) is 5.11 Å². The quantitative estimate of drug-likeness (QED) is 0.814. The molecule has 1 aromatic rings. The summed E-state index contributed by atoms with van der Waals surface area (Å²) in [4.78, 5) is 11.7. The molecule has 0 atom stereocenters. The standard InChI is InChI=1S/C16H19NO2/c1-12-5-8-15(11-14(12)4-2-3-9-18)17-16(19)10-13-6-7-13/h5,8,11,13,18H,3,6-7,9-10H2,1H3,(H,17,19). The monoisotopic (exact) mass is 257 g/mol. The number of amides is 1. The Labute approximate surface area is 114 Å². The zero-order valence-corrected chi connectivity index (χ0v) is 11.2. The Balaban J connectivity index is 2.02. The number of aliphatic hydroxyl groups excluding tert-OH is 1. The summed E-state index contributed by atoms with van der Waals surface area (Å²) in [5, 5.41) is 11.6. The average Bonchev–Trinajstić information content (AvgIpc) is 3.17. The van der Waals surface area contributed by atoms with Crippen molar-refractivity contribution in [1.82, 2.24) is 0 Å². The first kappa shape index (κ1) is 13.6. The van der Waals surface area contributed by atoms with Gasteiger partial charge in [-0.05, 0) is 43.4 Å². The Bertz CT molecular complexity index is 521. The second-order valence-corrected chi connectivity index (χ2v) is 5.00. The molecule has 0 aliphatic heterocycles. The van der Waals surface area contributed by atoms with Gasteiger partial charge in [-0.2, -0.15) is 0 Å². The topological polar surface area (TPSA) is 49.3 Å². The molecule has 1 saturated carbocycles. The predicted molar refractivity (Wildman–Crippen MR) is 75.7 cm³/mol. The number of aryl methyl sites for hydroxylation is 1. The van der Waals surface area contributed by atoms with E-state index in [0.717, 1.165) is 16.8 Å².